The number of carbonyl (C=O) groups excluding carboxylic acids is 7. The second kappa shape index (κ2) is 26.3. The number of Topliss-reactive ketones (excluding diaryl/α,β-unsaturated/α-hetero) is 2. The first-order valence-electron chi connectivity index (χ1n) is 26.5. The zero-order chi connectivity index (χ0) is 60.4. The van der Waals surface area contributed by atoms with E-state index in [0.29, 0.717) is 94.7 Å². The minimum absolute atomic E-state index is 0.0638. The van der Waals surface area contributed by atoms with E-state index in [4.69, 9.17) is 10.8 Å². The number of aromatic amines is 2. The SMILES string of the molecule is CC1(c2ccc(C(=O)Nc3cccc4c(C(=O)C(=O)N5CCN(C(=O)c6ccccc6)CC5)c[nH]c34)cc2)N=N1.CC1(c2ccc(C(=O)O)cc2)N=N1.Nc1cccc2c(C(=O)C(=O)N3CCN(C(=O)c4ccccc4)CC3)c[nH]c12.S=S=S=S. The molecular weight excluding hydrogens is 1160 g/mol. The lowest BCUT2D eigenvalue weighted by Crippen LogP contribution is -2.52. The van der Waals surface area contributed by atoms with E-state index < -0.39 is 40.7 Å². The lowest BCUT2D eigenvalue weighted by Gasteiger charge is -2.34. The number of nitrogens with one attached hydrogen (secondary N) is 3. The van der Waals surface area contributed by atoms with Gasteiger partial charge in [0, 0.05) is 143 Å². The summed E-state index contributed by atoms with van der Waals surface area (Å²) >= 11 is 8.66. The number of amides is 5. The molecule has 0 radical (unpaired) electrons. The Bertz CT molecular complexity index is 4010. The number of hydrogen-bond acceptors (Lipinski definition) is 15. The zero-order valence-electron chi connectivity index (χ0n) is 45.7. The van der Waals surface area contributed by atoms with Crippen LogP contribution in [0.4, 0.5) is 11.4 Å². The van der Waals surface area contributed by atoms with Gasteiger partial charge in [-0.15, -0.1) is 0 Å². The maximum absolute atomic E-state index is 13.2. The van der Waals surface area contributed by atoms with E-state index in [1.807, 2.05) is 62.4 Å². The van der Waals surface area contributed by atoms with Gasteiger partial charge >= 0.3 is 5.97 Å². The monoisotopic (exact) mass is 1210 g/mol. The molecule has 6 heterocycles. The standard InChI is InChI=1S/C30H26N6O4.C21H20N4O3.C9H8N2O2.S4/c1-30(33-34-30)21-12-10-19(11-13-21)27(38)32-24-9-5-8-22-23(18-31-25(22)24)26(37)29(40)36-16-14-35(15-17-36)28(39)20-6-3-2-4-7-20;22-17-8-4-7-15-16(13-23-18(15)17)19(26)21(28)25-11-9-24(10-12-25)20(27)14-5-2-1-3-6-14;1-9(10-11-9)7-4-2-6(3-5-7)8(12)13;1-3-4-2/h2-13,18,31H,14-17H2,1H3,(H,32,38);1-8,13,23H,9-12,22H2;2-5H,1H3,(H,12,13);. The predicted molar refractivity (Wildman–Crippen MR) is 329 cm³/mol. The smallest absolute Gasteiger partial charge is 0.335 e. The number of anilines is 2. The Kier molecular flexibility index (Phi) is 18.6. The molecular formula is C60H54N12O9S4. The fraction of sp³-hybridized carbons (Fsp3) is 0.200. The molecule has 0 aliphatic carbocycles. The molecule has 85 heavy (non-hydrogen) atoms. The third-order valence-electron chi connectivity index (χ3n) is 14.5. The highest BCUT2D eigenvalue weighted by atomic mass is 33.2. The van der Waals surface area contributed by atoms with E-state index >= 15 is 0 Å². The molecule has 5 amide bonds. The average molecular weight is 1220 g/mol. The van der Waals surface area contributed by atoms with Gasteiger partial charge in [-0.2, -0.15) is 20.5 Å². The molecule has 12 rings (SSSR count). The van der Waals surface area contributed by atoms with Crippen molar-refractivity contribution in [2.45, 2.75) is 25.2 Å². The summed E-state index contributed by atoms with van der Waals surface area (Å²) in [6.07, 6.45) is 3.02. The van der Waals surface area contributed by atoms with Crippen molar-refractivity contribution in [1.82, 2.24) is 29.6 Å². The van der Waals surface area contributed by atoms with Crippen LogP contribution >= 0.6 is 0 Å². The van der Waals surface area contributed by atoms with Crippen LogP contribution in [0.15, 0.2) is 178 Å². The molecule has 0 bridgehead atoms. The summed E-state index contributed by atoms with van der Waals surface area (Å²) < 4.78 is 0. The van der Waals surface area contributed by atoms with Crippen LogP contribution in [0.5, 0.6) is 0 Å². The summed E-state index contributed by atoms with van der Waals surface area (Å²) in [5, 5.41) is 28.4. The summed E-state index contributed by atoms with van der Waals surface area (Å²) in [6.45, 7) is 6.46. The number of aromatic carboxylic acids is 1. The number of hydrogen-bond donors (Lipinski definition) is 5. The fourth-order valence-electron chi connectivity index (χ4n) is 9.52. The van der Waals surface area contributed by atoms with Crippen LogP contribution < -0.4 is 11.1 Å². The second-order valence-electron chi connectivity index (χ2n) is 20.0. The largest absolute Gasteiger partial charge is 0.478 e. The number of aromatic nitrogens is 2. The molecule has 8 aromatic rings. The van der Waals surface area contributed by atoms with Gasteiger partial charge in [-0.1, -0.05) is 84.9 Å². The summed E-state index contributed by atoms with van der Waals surface area (Å²) in [5.74, 6) is -3.77. The van der Waals surface area contributed by atoms with Crippen molar-refractivity contribution in [3.05, 3.63) is 202 Å². The van der Waals surface area contributed by atoms with Crippen LogP contribution in [-0.2, 0) is 61.1 Å². The molecule has 0 atom stereocenters. The summed E-state index contributed by atoms with van der Waals surface area (Å²) in [7, 11) is 2.34. The van der Waals surface area contributed by atoms with E-state index in [1.165, 1.54) is 40.0 Å². The Morgan fingerprint density at radius 2 is 0.882 bits per heavy atom. The predicted octanol–water partition coefficient (Wildman–Crippen LogP) is 8.16. The number of benzene rings is 6. The van der Waals surface area contributed by atoms with Gasteiger partial charge in [0.2, 0.25) is 11.3 Å². The molecule has 21 nitrogen and oxygen atoms in total. The molecule has 4 aliphatic heterocycles. The van der Waals surface area contributed by atoms with Crippen LogP contribution in [0.25, 0.3) is 21.8 Å². The third-order valence-corrected chi connectivity index (χ3v) is 16.8. The molecule has 432 valence electrons. The number of H-pyrrole nitrogens is 2. The minimum Gasteiger partial charge on any atom is -0.478 e. The van der Waals surface area contributed by atoms with Crippen molar-refractivity contribution in [1.29, 1.82) is 0 Å². The molecule has 2 fully saturated rings. The topological polar surface area (TPSA) is 289 Å². The Hall–Kier alpha value is -9.56. The average Bonchev–Trinajstić information content (AvgIpc) is 3.78. The zero-order valence-corrected chi connectivity index (χ0v) is 48.9. The van der Waals surface area contributed by atoms with Gasteiger partial charge in [0.25, 0.3) is 41.1 Å². The molecule has 2 saturated heterocycles. The number of carboxylic acid groups (broad SMARTS) is 1. The van der Waals surface area contributed by atoms with Gasteiger partial charge in [-0.05, 0) is 74.5 Å². The lowest BCUT2D eigenvalue weighted by atomic mass is 10.0. The molecule has 25 heteroatoms. The van der Waals surface area contributed by atoms with E-state index in [-0.39, 0.29) is 41.9 Å². The Labute approximate surface area is 502 Å². The van der Waals surface area contributed by atoms with Crippen LogP contribution in [0.3, 0.4) is 0 Å². The van der Waals surface area contributed by atoms with Crippen LogP contribution in [0.1, 0.15) is 87.1 Å². The van der Waals surface area contributed by atoms with Crippen LogP contribution in [-0.4, -0.2) is 134 Å². The number of nitrogens with zero attached hydrogens (tertiary/aromatic N) is 8. The highest BCUT2D eigenvalue weighted by Crippen LogP contribution is 2.39. The minimum atomic E-state index is -0.915. The number of carboxylic acids is 1. The highest BCUT2D eigenvalue weighted by molar-refractivity contribution is 8.51. The van der Waals surface area contributed by atoms with Crippen molar-refractivity contribution >= 4 is 120 Å². The second-order valence-corrected chi connectivity index (χ2v) is 23.5. The number of para-hydroxylation sites is 2. The normalized spacial score (nSPS) is 14.9. The maximum atomic E-state index is 13.2. The fourth-order valence-corrected chi connectivity index (χ4v) is 9.52. The molecule has 0 unspecified atom stereocenters. The summed E-state index contributed by atoms with van der Waals surface area (Å²) in [6, 6.07) is 42.1. The van der Waals surface area contributed by atoms with E-state index in [2.05, 4.69) is 58.1 Å². The van der Waals surface area contributed by atoms with Crippen molar-refractivity contribution in [3.8, 4) is 0 Å². The van der Waals surface area contributed by atoms with E-state index in [0.717, 1.165) is 11.1 Å². The molecule has 0 saturated carbocycles. The van der Waals surface area contributed by atoms with E-state index in [9.17, 15) is 38.4 Å². The third kappa shape index (κ3) is 13.9. The molecule has 6 N–H and O–H groups in total. The first kappa shape index (κ1) is 60.0. The Morgan fingerprint density at radius 1 is 0.494 bits per heavy atom. The molecule has 0 spiro atoms. The number of nitrogen functional groups attached to an aromatic ring is 1. The quantitative estimate of drug-likeness (QED) is 0.0466. The van der Waals surface area contributed by atoms with Gasteiger partial charge in [-0.25, -0.2) is 4.79 Å². The van der Waals surface area contributed by atoms with Gasteiger partial charge in [0.1, 0.15) is 0 Å². The number of carbonyl (C=O) groups is 8. The van der Waals surface area contributed by atoms with Crippen molar-refractivity contribution in [2.24, 2.45) is 20.5 Å². The number of fused-ring (bicyclic) bond motifs is 2. The van der Waals surface area contributed by atoms with Gasteiger partial charge in [-0.3, -0.25) is 33.6 Å². The number of rotatable bonds is 11. The number of ketones is 2. The van der Waals surface area contributed by atoms with Crippen LogP contribution in [0.2, 0.25) is 0 Å². The molecule has 4 aliphatic rings. The van der Waals surface area contributed by atoms with Crippen molar-refractivity contribution in [2.75, 3.05) is 63.4 Å². The van der Waals surface area contributed by atoms with E-state index in [1.54, 1.807) is 107 Å². The first-order chi connectivity index (χ1) is 40.9. The Balaban J connectivity index is 0.000000165. The molecule has 6 aromatic carbocycles. The van der Waals surface area contributed by atoms with Gasteiger partial charge in [0.15, 0.2) is 0 Å². The van der Waals surface area contributed by atoms with Crippen molar-refractivity contribution < 1.29 is 43.5 Å². The maximum Gasteiger partial charge on any atom is 0.335 e. The first-order valence-corrected chi connectivity index (χ1v) is 30.5. The van der Waals surface area contributed by atoms with Gasteiger partial charge < -0.3 is 45.7 Å². The van der Waals surface area contributed by atoms with Crippen molar-refractivity contribution in [3.63, 3.8) is 0 Å². The highest BCUT2D eigenvalue weighted by Gasteiger charge is 2.37. The Morgan fingerprint density at radius 3 is 1.29 bits per heavy atom. The summed E-state index contributed by atoms with van der Waals surface area (Å²) in [4.78, 5) is 113. The van der Waals surface area contributed by atoms with Gasteiger partial charge in [0.05, 0.1) is 39.1 Å². The number of nitrogens with two attached hydrogens (primary N) is 1. The van der Waals surface area contributed by atoms with Crippen LogP contribution in [0, 0.1) is 0 Å². The summed E-state index contributed by atoms with van der Waals surface area (Å²) in [5.41, 5.74) is 11.5. The molecule has 2 aromatic heterocycles. The number of piperazine rings is 2. The lowest BCUT2D eigenvalue weighted by molar-refractivity contribution is -0.128.